The molecule has 3 aromatic rings. The maximum Gasteiger partial charge on any atom is 0.266 e. The highest BCUT2D eigenvalue weighted by Gasteiger charge is 2.49. The second kappa shape index (κ2) is 14.1. The van der Waals surface area contributed by atoms with Crippen molar-refractivity contribution in [3.63, 3.8) is 0 Å². The van der Waals surface area contributed by atoms with Crippen LogP contribution >= 0.6 is 11.8 Å². The van der Waals surface area contributed by atoms with Gasteiger partial charge in [0.2, 0.25) is 11.8 Å². The van der Waals surface area contributed by atoms with Gasteiger partial charge in [-0.1, -0.05) is 0 Å². The molecule has 13 nitrogen and oxygen atoms in total. The van der Waals surface area contributed by atoms with Gasteiger partial charge in [-0.05, 0) is 50.4 Å². The summed E-state index contributed by atoms with van der Waals surface area (Å²) in [6.45, 7) is 1.83. The van der Waals surface area contributed by atoms with Gasteiger partial charge in [-0.3, -0.25) is 39.1 Å². The van der Waals surface area contributed by atoms with Crippen LogP contribution in [0, 0.1) is 11.7 Å². The van der Waals surface area contributed by atoms with Gasteiger partial charge in [0.05, 0.1) is 41.5 Å². The summed E-state index contributed by atoms with van der Waals surface area (Å²) in [5.74, 6) is -6.50. The van der Waals surface area contributed by atoms with Crippen LogP contribution in [0.2, 0.25) is 0 Å². The molecule has 17 heteroatoms. The molecule has 53 heavy (non-hydrogen) atoms. The first kappa shape index (κ1) is 35.5. The molecule has 0 spiro atoms. The molecule has 2 unspecified atom stereocenters. The van der Waals surface area contributed by atoms with E-state index in [1.54, 1.807) is 28.8 Å². The minimum Gasteiger partial charge on any atom is -0.493 e. The third-order valence-corrected chi connectivity index (χ3v) is 12.2. The molecule has 6 heterocycles. The molecule has 0 bridgehead atoms. The lowest BCUT2D eigenvalue weighted by Gasteiger charge is -2.50. The van der Waals surface area contributed by atoms with Crippen LogP contribution in [0.15, 0.2) is 35.1 Å². The van der Waals surface area contributed by atoms with Crippen LogP contribution in [0.25, 0.3) is 10.9 Å². The van der Waals surface area contributed by atoms with E-state index in [4.69, 9.17) is 9.47 Å². The van der Waals surface area contributed by atoms with Gasteiger partial charge < -0.3 is 19.4 Å². The van der Waals surface area contributed by atoms with Crippen LogP contribution in [-0.4, -0.2) is 113 Å². The number of anilines is 1. The Morgan fingerprint density at radius 3 is 2.51 bits per heavy atom. The van der Waals surface area contributed by atoms with Crippen LogP contribution in [0.4, 0.5) is 18.9 Å². The summed E-state index contributed by atoms with van der Waals surface area (Å²) in [5.41, 5.74) is 0.489. The monoisotopic (exact) mass is 754 g/mol. The van der Waals surface area contributed by atoms with Gasteiger partial charge >= 0.3 is 0 Å². The SMILES string of the molecule is O=C1CCC(N2C(=O)c3ccc(N4CC(N5CCC(COc6cc(F)c7c(=O)[nH]c(CSC8CCOCC8)nc7c6)C(F)(F)C5)C4)cc3C2=O)C(=O)N1. The number of imide groups is 2. The van der Waals surface area contributed by atoms with E-state index in [0.29, 0.717) is 55.4 Å². The van der Waals surface area contributed by atoms with Crippen molar-refractivity contribution in [2.75, 3.05) is 50.9 Å². The molecule has 2 aromatic carbocycles. The number of H-pyrrole nitrogens is 1. The first-order valence-corrected chi connectivity index (χ1v) is 18.8. The Bertz CT molecular complexity index is 2050. The quantitative estimate of drug-likeness (QED) is 0.310. The summed E-state index contributed by atoms with van der Waals surface area (Å²) >= 11 is 1.65. The fraction of sp³-hybridized carbons (Fsp3) is 0.500. The third kappa shape index (κ3) is 6.89. The average Bonchev–Trinajstić information content (AvgIpc) is 3.34. The van der Waals surface area contributed by atoms with Crippen LogP contribution in [0.1, 0.15) is 58.6 Å². The standard InChI is InChI=1S/C36H37F3N6O7S/c37-26-12-22(13-27-31(26)33(48)41-29(40-27)17-53-23-6-9-51-10-7-23)52-16-19-5-8-43(18-36(19,38)39)21-14-44(15-21)20-1-2-24-25(11-20)35(50)45(34(24)49)28-3-4-30(46)42-32(28)47/h1-2,11-13,19,21,23,28H,3-10,14-18H2,(H,40,41,48)(H,42,46,47). The number of carbonyl (C=O) groups excluding carboxylic acids is 4. The van der Waals surface area contributed by atoms with E-state index < -0.39 is 59.4 Å². The molecular weight excluding hydrogens is 717 g/mol. The fourth-order valence-electron chi connectivity index (χ4n) is 7.72. The number of carbonyl (C=O) groups is 4. The number of nitrogens with zero attached hydrogens (tertiary/aromatic N) is 4. The molecule has 0 radical (unpaired) electrons. The summed E-state index contributed by atoms with van der Waals surface area (Å²) in [7, 11) is 0. The number of benzene rings is 2. The Morgan fingerprint density at radius 2 is 1.75 bits per heavy atom. The number of thioether (sulfide) groups is 1. The van der Waals surface area contributed by atoms with Crippen molar-refractivity contribution >= 4 is 52.0 Å². The number of rotatable bonds is 9. The van der Waals surface area contributed by atoms with E-state index in [1.807, 2.05) is 4.90 Å². The minimum atomic E-state index is -3.09. The second-order valence-corrected chi connectivity index (χ2v) is 15.5. The zero-order chi connectivity index (χ0) is 37.0. The molecule has 2 atom stereocenters. The fourth-order valence-corrected chi connectivity index (χ4v) is 8.77. The lowest BCUT2D eigenvalue weighted by atomic mass is 9.91. The number of aromatic nitrogens is 2. The smallest absolute Gasteiger partial charge is 0.266 e. The highest BCUT2D eigenvalue weighted by Crippen LogP contribution is 2.38. The molecule has 0 saturated carbocycles. The maximum atomic E-state index is 15.5. The topological polar surface area (TPSA) is 154 Å². The van der Waals surface area contributed by atoms with Crippen LogP contribution in [-0.2, 0) is 20.1 Å². The summed E-state index contributed by atoms with van der Waals surface area (Å²) in [6.07, 6.45) is 2.03. The predicted octanol–water partition coefficient (Wildman–Crippen LogP) is 3.10. The number of halogens is 3. The second-order valence-electron chi connectivity index (χ2n) is 14.2. The van der Waals surface area contributed by atoms with Crippen LogP contribution in [0.3, 0.4) is 0 Å². The lowest BCUT2D eigenvalue weighted by molar-refractivity contribution is -0.136. The number of fused-ring (bicyclic) bond motifs is 2. The number of nitrogens with one attached hydrogen (secondary N) is 2. The molecular formula is C36H37F3N6O7S. The highest BCUT2D eigenvalue weighted by molar-refractivity contribution is 7.99. The molecule has 5 aliphatic rings. The molecule has 0 aliphatic carbocycles. The van der Waals surface area contributed by atoms with Crippen molar-refractivity contribution in [2.24, 2.45) is 5.92 Å². The number of amides is 4. The third-order valence-electron chi connectivity index (χ3n) is 10.8. The lowest BCUT2D eigenvalue weighted by Crippen LogP contribution is -2.64. The molecule has 1 aromatic heterocycles. The van der Waals surface area contributed by atoms with Crippen molar-refractivity contribution in [1.82, 2.24) is 25.1 Å². The predicted molar refractivity (Wildman–Crippen MR) is 187 cm³/mol. The maximum absolute atomic E-state index is 15.5. The van der Waals surface area contributed by atoms with Crippen molar-refractivity contribution in [1.29, 1.82) is 0 Å². The van der Waals surface area contributed by atoms with E-state index >= 15 is 13.2 Å². The number of ether oxygens (including phenoxy) is 2. The van der Waals surface area contributed by atoms with E-state index in [0.717, 1.165) is 23.8 Å². The van der Waals surface area contributed by atoms with Crippen LogP contribution < -0.4 is 20.5 Å². The Kier molecular flexibility index (Phi) is 9.43. The Hall–Kier alpha value is -4.48. The number of hydrogen-bond donors (Lipinski definition) is 2. The summed E-state index contributed by atoms with van der Waals surface area (Å²) in [6, 6.07) is 6.04. The number of aromatic amines is 1. The van der Waals surface area contributed by atoms with Gasteiger partial charge in [-0.2, -0.15) is 11.8 Å². The average molecular weight is 755 g/mol. The summed E-state index contributed by atoms with van der Waals surface area (Å²) in [4.78, 5) is 74.6. The Labute approximate surface area is 305 Å². The first-order valence-electron chi connectivity index (χ1n) is 17.7. The zero-order valence-corrected chi connectivity index (χ0v) is 29.4. The van der Waals surface area contributed by atoms with Crippen molar-refractivity contribution in [3.05, 3.63) is 63.5 Å². The Balaban J connectivity index is 0.860. The first-order chi connectivity index (χ1) is 25.4. The largest absolute Gasteiger partial charge is 0.493 e. The molecule has 5 aliphatic heterocycles. The molecule has 4 fully saturated rings. The van der Waals surface area contributed by atoms with Crippen LogP contribution in [0.5, 0.6) is 5.75 Å². The normalized spacial score (nSPS) is 24.1. The molecule has 4 saturated heterocycles. The molecule has 4 amide bonds. The molecule has 8 rings (SSSR count). The summed E-state index contributed by atoms with van der Waals surface area (Å²) in [5, 5.41) is 2.34. The van der Waals surface area contributed by atoms with Gasteiger partial charge in [0, 0.05) is 61.8 Å². The van der Waals surface area contributed by atoms with Gasteiger partial charge in [0.25, 0.3) is 23.3 Å². The van der Waals surface area contributed by atoms with Gasteiger partial charge in [-0.25, -0.2) is 18.2 Å². The zero-order valence-electron chi connectivity index (χ0n) is 28.6. The Morgan fingerprint density at radius 1 is 0.981 bits per heavy atom. The summed E-state index contributed by atoms with van der Waals surface area (Å²) < 4.78 is 57.1. The van der Waals surface area contributed by atoms with Crippen molar-refractivity contribution < 1.29 is 41.8 Å². The van der Waals surface area contributed by atoms with Crippen molar-refractivity contribution in [3.8, 4) is 5.75 Å². The van der Waals surface area contributed by atoms with Crippen molar-refractivity contribution in [2.45, 2.75) is 61.1 Å². The van der Waals surface area contributed by atoms with E-state index in [2.05, 4.69) is 15.3 Å². The van der Waals surface area contributed by atoms with Gasteiger partial charge in [0.1, 0.15) is 28.8 Å². The van der Waals surface area contributed by atoms with E-state index in [9.17, 15) is 24.0 Å². The van der Waals surface area contributed by atoms with E-state index in [1.165, 1.54) is 12.1 Å². The number of likely N-dealkylation sites (tertiary alicyclic amines) is 1. The van der Waals surface area contributed by atoms with E-state index in [-0.39, 0.29) is 59.7 Å². The number of piperidine rings is 2. The molecule has 2 N–H and O–H groups in total. The number of hydrogen-bond acceptors (Lipinski definition) is 11. The minimum absolute atomic E-state index is 0.0246. The molecule has 280 valence electrons. The van der Waals surface area contributed by atoms with Gasteiger partial charge in [0.15, 0.2) is 0 Å². The van der Waals surface area contributed by atoms with Gasteiger partial charge in [-0.15, -0.1) is 0 Å². The highest BCUT2D eigenvalue weighted by atomic mass is 32.2. The number of alkyl halides is 2.